The Morgan fingerprint density at radius 2 is 2.00 bits per heavy atom. The molecule has 1 fully saturated rings. The lowest BCUT2D eigenvalue weighted by atomic mass is 10.2. The van der Waals surface area contributed by atoms with Gasteiger partial charge in [0.2, 0.25) is 5.91 Å². The average molecular weight is 376 g/mol. The topological polar surface area (TPSA) is 101 Å². The van der Waals surface area contributed by atoms with Gasteiger partial charge in [0.15, 0.2) is 9.84 Å². The minimum atomic E-state index is -3.65. The van der Waals surface area contributed by atoms with E-state index >= 15 is 0 Å². The molecule has 6 nitrogen and oxygen atoms in total. The van der Waals surface area contributed by atoms with Crippen molar-refractivity contribution in [2.45, 2.75) is 24.1 Å². The number of rotatable bonds is 6. The van der Waals surface area contributed by atoms with Gasteiger partial charge in [-0.3, -0.25) is 4.79 Å². The van der Waals surface area contributed by atoms with Gasteiger partial charge in [-0.1, -0.05) is 28.1 Å². The predicted molar refractivity (Wildman–Crippen MR) is 79.4 cm³/mol. The third-order valence-corrected chi connectivity index (χ3v) is 5.13. The number of sulfone groups is 1. The highest BCUT2D eigenvalue weighted by Gasteiger charge is 2.51. The molecular formula is C13H14BrNO5S. The van der Waals surface area contributed by atoms with Gasteiger partial charge < -0.3 is 10.4 Å². The van der Waals surface area contributed by atoms with E-state index in [2.05, 4.69) is 21.2 Å². The van der Waals surface area contributed by atoms with E-state index < -0.39 is 33.0 Å². The molecule has 0 radical (unpaired) electrons. The Morgan fingerprint density at radius 1 is 1.33 bits per heavy atom. The smallest absolute Gasteiger partial charge is 0.329 e. The van der Waals surface area contributed by atoms with Gasteiger partial charge in [0, 0.05) is 4.47 Å². The Kier molecular flexibility index (Phi) is 4.38. The number of carbonyl (C=O) groups is 2. The molecule has 1 aliphatic rings. The van der Waals surface area contributed by atoms with Crippen molar-refractivity contribution < 1.29 is 23.1 Å². The Bertz CT molecular complexity index is 682. The largest absolute Gasteiger partial charge is 0.480 e. The van der Waals surface area contributed by atoms with E-state index in [4.69, 9.17) is 5.11 Å². The van der Waals surface area contributed by atoms with Gasteiger partial charge in [0.25, 0.3) is 0 Å². The maximum absolute atomic E-state index is 12.0. The van der Waals surface area contributed by atoms with Gasteiger partial charge in [0.05, 0.1) is 5.75 Å². The van der Waals surface area contributed by atoms with Crippen LogP contribution in [0.4, 0.5) is 0 Å². The molecule has 0 aliphatic heterocycles. The van der Waals surface area contributed by atoms with Crippen molar-refractivity contribution in [3.05, 3.63) is 34.3 Å². The molecular weight excluding hydrogens is 362 g/mol. The lowest BCUT2D eigenvalue weighted by molar-refractivity contribution is -0.142. The van der Waals surface area contributed by atoms with E-state index in [0.29, 0.717) is 18.4 Å². The molecule has 0 aromatic heterocycles. The minimum Gasteiger partial charge on any atom is -0.480 e. The first kappa shape index (κ1) is 16.0. The maximum atomic E-state index is 12.0. The summed E-state index contributed by atoms with van der Waals surface area (Å²) in [5, 5.41) is 11.2. The van der Waals surface area contributed by atoms with Crippen molar-refractivity contribution in [3.8, 4) is 0 Å². The van der Waals surface area contributed by atoms with Crippen LogP contribution in [-0.2, 0) is 25.2 Å². The zero-order chi connectivity index (χ0) is 15.7. The third-order valence-electron chi connectivity index (χ3n) is 3.16. The second kappa shape index (κ2) is 5.76. The predicted octanol–water partition coefficient (Wildman–Crippen LogP) is 1.10. The number of carbonyl (C=O) groups excluding carboxylic acids is 1. The molecule has 0 unspecified atom stereocenters. The average Bonchev–Trinajstić information content (AvgIpc) is 3.07. The Balaban J connectivity index is 1.98. The second-order valence-corrected chi connectivity index (χ2v) is 8.08. The van der Waals surface area contributed by atoms with E-state index in [1.54, 1.807) is 24.3 Å². The van der Waals surface area contributed by atoms with Crippen LogP contribution in [0.5, 0.6) is 0 Å². The van der Waals surface area contributed by atoms with E-state index in [1.807, 2.05) is 0 Å². The summed E-state index contributed by atoms with van der Waals surface area (Å²) < 4.78 is 24.7. The first-order valence-corrected chi connectivity index (χ1v) is 8.83. The summed E-state index contributed by atoms with van der Waals surface area (Å²) >= 11 is 3.25. The SMILES string of the molecule is O=C(CS(=O)(=O)Cc1cccc(Br)c1)NC1(C(=O)O)CC1. The quantitative estimate of drug-likeness (QED) is 0.775. The number of hydrogen-bond acceptors (Lipinski definition) is 4. The Morgan fingerprint density at radius 3 is 2.52 bits per heavy atom. The van der Waals surface area contributed by atoms with Crippen molar-refractivity contribution in [1.82, 2.24) is 5.32 Å². The molecule has 8 heteroatoms. The molecule has 1 aromatic rings. The number of carboxylic acid groups (broad SMARTS) is 1. The van der Waals surface area contributed by atoms with Gasteiger partial charge in [0.1, 0.15) is 11.3 Å². The maximum Gasteiger partial charge on any atom is 0.329 e. The number of nitrogens with one attached hydrogen (secondary N) is 1. The van der Waals surface area contributed by atoms with Gasteiger partial charge in [-0.2, -0.15) is 0 Å². The number of amides is 1. The monoisotopic (exact) mass is 375 g/mol. The highest BCUT2D eigenvalue weighted by atomic mass is 79.9. The standard InChI is InChI=1S/C13H14BrNO5S/c14-10-3-1-2-9(6-10)7-21(19,20)8-11(16)15-13(4-5-13)12(17)18/h1-3,6H,4-5,7-8H2,(H,15,16)(H,17,18). The second-order valence-electron chi connectivity index (χ2n) is 5.10. The van der Waals surface area contributed by atoms with Crippen LogP contribution in [-0.4, -0.2) is 36.7 Å². The Hall–Kier alpha value is -1.41. The number of benzene rings is 1. The lowest BCUT2D eigenvalue weighted by Gasteiger charge is -2.12. The fourth-order valence-electron chi connectivity index (χ4n) is 1.95. The normalized spacial score (nSPS) is 16.2. The minimum absolute atomic E-state index is 0.264. The Labute approximate surface area is 130 Å². The van der Waals surface area contributed by atoms with Crippen LogP contribution in [0.2, 0.25) is 0 Å². The molecule has 1 saturated carbocycles. The van der Waals surface area contributed by atoms with Crippen molar-refractivity contribution in [2.75, 3.05) is 5.75 Å². The van der Waals surface area contributed by atoms with Gasteiger partial charge in [-0.25, -0.2) is 13.2 Å². The van der Waals surface area contributed by atoms with E-state index in [0.717, 1.165) is 4.47 Å². The first-order valence-electron chi connectivity index (χ1n) is 6.22. The molecule has 1 aromatic carbocycles. The van der Waals surface area contributed by atoms with Gasteiger partial charge >= 0.3 is 5.97 Å². The molecule has 1 amide bonds. The molecule has 0 saturated heterocycles. The zero-order valence-electron chi connectivity index (χ0n) is 11.0. The van der Waals surface area contributed by atoms with Crippen LogP contribution < -0.4 is 5.32 Å². The molecule has 0 heterocycles. The lowest BCUT2D eigenvalue weighted by Crippen LogP contribution is -2.45. The molecule has 0 bridgehead atoms. The van der Waals surface area contributed by atoms with Crippen LogP contribution >= 0.6 is 15.9 Å². The fourth-order valence-corrected chi connectivity index (χ4v) is 3.66. The first-order chi connectivity index (χ1) is 9.72. The van der Waals surface area contributed by atoms with Crippen LogP contribution in [0, 0.1) is 0 Å². The van der Waals surface area contributed by atoms with Crippen molar-refractivity contribution >= 4 is 37.6 Å². The summed E-state index contributed by atoms with van der Waals surface area (Å²) in [6, 6.07) is 6.79. The van der Waals surface area contributed by atoms with E-state index in [-0.39, 0.29) is 5.75 Å². The molecule has 2 N–H and O–H groups in total. The molecule has 0 atom stereocenters. The van der Waals surface area contributed by atoms with Crippen LogP contribution in [0.3, 0.4) is 0 Å². The zero-order valence-corrected chi connectivity index (χ0v) is 13.4. The van der Waals surface area contributed by atoms with Crippen LogP contribution in [0.25, 0.3) is 0 Å². The highest BCUT2D eigenvalue weighted by molar-refractivity contribution is 9.10. The van der Waals surface area contributed by atoms with Crippen molar-refractivity contribution in [1.29, 1.82) is 0 Å². The molecule has 1 aliphatic carbocycles. The molecule has 0 spiro atoms. The van der Waals surface area contributed by atoms with Crippen LogP contribution in [0.1, 0.15) is 18.4 Å². The van der Waals surface area contributed by atoms with Gasteiger partial charge in [-0.05, 0) is 30.5 Å². The van der Waals surface area contributed by atoms with Crippen molar-refractivity contribution in [2.24, 2.45) is 0 Å². The van der Waals surface area contributed by atoms with E-state index in [9.17, 15) is 18.0 Å². The number of halogens is 1. The van der Waals surface area contributed by atoms with Gasteiger partial charge in [-0.15, -0.1) is 0 Å². The summed E-state index contributed by atoms with van der Waals surface area (Å²) in [5.74, 6) is -2.88. The molecule has 21 heavy (non-hydrogen) atoms. The van der Waals surface area contributed by atoms with Crippen molar-refractivity contribution in [3.63, 3.8) is 0 Å². The molecule has 2 rings (SSSR count). The van der Waals surface area contributed by atoms with E-state index in [1.165, 1.54) is 0 Å². The summed E-state index contributed by atoms with van der Waals surface area (Å²) in [6.45, 7) is 0. The fraction of sp³-hybridized carbons (Fsp3) is 0.385. The summed E-state index contributed by atoms with van der Waals surface area (Å²) in [6.07, 6.45) is 0.666. The number of aliphatic carboxylic acids is 1. The third kappa shape index (κ3) is 4.28. The van der Waals surface area contributed by atoms with Crippen LogP contribution in [0.15, 0.2) is 28.7 Å². The number of hydrogen-bond donors (Lipinski definition) is 2. The summed E-state index contributed by atoms with van der Waals surface area (Å²) in [7, 11) is -3.65. The molecule has 114 valence electrons. The highest BCUT2D eigenvalue weighted by Crippen LogP contribution is 2.35. The number of carboxylic acids is 1. The summed E-state index contributed by atoms with van der Waals surface area (Å²) in [5.41, 5.74) is -0.695. The summed E-state index contributed by atoms with van der Waals surface area (Å²) in [4.78, 5) is 22.7.